The summed E-state index contributed by atoms with van der Waals surface area (Å²) in [5, 5.41) is 8.89. The summed E-state index contributed by atoms with van der Waals surface area (Å²) in [6.45, 7) is 5.50. The van der Waals surface area contributed by atoms with E-state index in [2.05, 4.69) is 20.9 Å². The monoisotopic (exact) mass is 346 g/mol. The van der Waals surface area contributed by atoms with Gasteiger partial charge in [0.15, 0.2) is 0 Å². The van der Waals surface area contributed by atoms with E-state index in [4.69, 9.17) is 4.74 Å². The molecule has 3 rings (SSSR count). The molecular formula is C18H26N4O3. The molecule has 0 saturated carbocycles. The zero-order valence-electron chi connectivity index (χ0n) is 14.4. The SMILES string of the molecule is O=C(NCCN1CCCC1)c1ccc(NC(=O)C2COCCN2)cc1. The lowest BCUT2D eigenvalue weighted by Crippen LogP contribution is -2.48. The molecule has 2 aliphatic heterocycles. The molecular weight excluding hydrogens is 320 g/mol. The average Bonchev–Trinajstić information content (AvgIpc) is 3.16. The smallest absolute Gasteiger partial charge is 0.251 e. The molecule has 2 saturated heterocycles. The second kappa shape index (κ2) is 8.94. The topological polar surface area (TPSA) is 82.7 Å². The quantitative estimate of drug-likeness (QED) is 0.696. The van der Waals surface area contributed by atoms with Crippen LogP contribution in [0.5, 0.6) is 0 Å². The van der Waals surface area contributed by atoms with E-state index >= 15 is 0 Å². The highest BCUT2D eigenvalue weighted by Crippen LogP contribution is 2.11. The summed E-state index contributed by atoms with van der Waals surface area (Å²) in [5.41, 5.74) is 1.27. The number of ether oxygens (including phenoxy) is 1. The minimum absolute atomic E-state index is 0.0839. The summed E-state index contributed by atoms with van der Waals surface area (Å²) in [6, 6.07) is 6.62. The van der Waals surface area contributed by atoms with Gasteiger partial charge in [-0.15, -0.1) is 0 Å². The van der Waals surface area contributed by atoms with Crippen molar-refractivity contribution in [1.29, 1.82) is 0 Å². The lowest BCUT2D eigenvalue weighted by molar-refractivity contribution is -0.120. The van der Waals surface area contributed by atoms with Crippen LogP contribution in [0.15, 0.2) is 24.3 Å². The number of rotatable bonds is 6. The number of hydrogen-bond donors (Lipinski definition) is 3. The zero-order valence-corrected chi connectivity index (χ0v) is 14.4. The van der Waals surface area contributed by atoms with Crippen molar-refractivity contribution in [2.45, 2.75) is 18.9 Å². The zero-order chi connectivity index (χ0) is 17.5. The van der Waals surface area contributed by atoms with Gasteiger partial charge in [-0.2, -0.15) is 0 Å². The van der Waals surface area contributed by atoms with Gasteiger partial charge in [0.1, 0.15) is 6.04 Å². The average molecular weight is 346 g/mol. The molecule has 0 radical (unpaired) electrons. The minimum atomic E-state index is -0.331. The number of amides is 2. The van der Waals surface area contributed by atoms with E-state index in [9.17, 15) is 9.59 Å². The molecule has 0 spiro atoms. The van der Waals surface area contributed by atoms with E-state index in [-0.39, 0.29) is 17.9 Å². The van der Waals surface area contributed by atoms with Gasteiger partial charge in [-0.25, -0.2) is 0 Å². The summed E-state index contributed by atoms with van der Waals surface area (Å²) >= 11 is 0. The van der Waals surface area contributed by atoms with Crippen molar-refractivity contribution in [3.8, 4) is 0 Å². The van der Waals surface area contributed by atoms with Crippen LogP contribution in [0.3, 0.4) is 0 Å². The Kier molecular flexibility index (Phi) is 6.38. The third-order valence-corrected chi connectivity index (χ3v) is 4.57. The van der Waals surface area contributed by atoms with E-state index in [1.807, 2.05) is 0 Å². The van der Waals surface area contributed by atoms with Crippen LogP contribution in [0.2, 0.25) is 0 Å². The van der Waals surface area contributed by atoms with Crippen LogP contribution >= 0.6 is 0 Å². The maximum Gasteiger partial charge on any atom is 0.251 e. The highest BCUT2D eigenvalue weighted by atomic mass is 16.5. The van der Waals surface area contributed by atoms with Gasteiger partial charge in [0.25, 0.3) is 5.91 Å². The maximum atomic E-state index is 12.2. The van der Waals surface area contributed by atoms with Crippen LogP contribution < -0.4 is 16.0 Å². The third-order valence-electron chi connectivity index (χ3n) is 4.57. The lowest BCUT2D eigenvalue weighted by Gasteiger charge is -2.22. The summed E-state index contributed by atoms with van der Waals surface area (Å²) in [7, 11) is 0. The molecule has 3 N–H and O–H groups in total. The first-order valence-electron chi connectivity index (χ1n) is 8.95. The Labute approximate surface area is 148 Å². The predicted octanol–water partition coefficient (Wildman–Crippen LogP) is 0.439. The molecule has 2 aliphatic rings. The Morgan fingerprint density at radius 3 is 2.64 bits per heavy atom. The molecule has 1 atom stereocenters. The molecule has 0 aliphatic carbocycles. The van der Waals surface area contributed by atoms with E-state index in [1.165, 1.54) is 12.8 Å². The largest absolute Gasteiger partial charge is 0.378 e. The van der Waals surface area contributed by atoms with Gasteiger partial charge in [-0.1, -0.05) is 0 Å². The van der Waals surface area contributed by atoms with Crippen molar-refractivity contribution in [1.82, 2.24) is 15.5 Å². The summed E-state index contributed by atoms with van der Waals surface area (Å²) < 4.78 is 5.29. The van der Waals surface area contributed by atoms with Gasteiger partial charge >= 0.3 is 0 Å². The van der Waals surface area contributed by atoms with E-state index in [1.54, 1.807) is 24.3 Å². The fourth-order valence-corrected chi connectivity index (χ4v) is 3.10. The van der Waals surface area contributed by atoms with Crippen molar-refractivity contribution < 1.29 is 14.3 Å². The predicted molar refractivity (Wildman–Crippen MR) is 95.7 cm³/mol. The molecule has 7 heteroatoms. The third kappa shape index (κ3) is 5.26. The molecule has 7 nitrogen and oxygen atoms in total. The Morgan fingerprint density at radius 1 is 1.20 bits per heavy atom. The van der Waals surface area contributed by atoms with Crippen LogP contribution in [-0.2, 0) is 9.53 Å². The molecule has 2 heterocycles. The Balaban J connectivity index is 1.44. The van der Waals surface area contributed by atoms with Crippen LogP contribution in [-0.4, -0.2) is 68.7 Å². The molecule has 0 bridgehead atoms. The number of hydrogen-bond acceptors (Lipinski definition) is 5. The summed E-state index contributed by atoms with van der Waals surface area (Å²) in [4.78, 5) is 26.6. The van der Waals surface area contributed by atoms with Crippen molar-refractivity contribution in [2.24, 2.45) is 0 Å². The fraction of sp³-hybridized carbons (Fsp3) is 0.556. The van der Waals surface area contributed by atoms with Crippen LogP contribution in [0.4, 0.5) is 5.69 Å². The molecule has 1 aromatic carbocycles. The van der Waals surface area contributed by atoms with Crippen molar-refractivity contribution in [2.75, 3.05) is 51.3 Å². The number of morpholine rings is 1. The number of carbonyl (C=O) groups excluding carboxylic acids is 2. The van der Waals surface area contributed by atoms with Crippen LogP contribution in [0, 0.1) is 0 Å². The normalized spacial score (nSPS) is 21.0. The van der Waals surface area contributed by atoms with E-state index < -0.39 is 0 Å². The number of nitrogens with zero attached hydrogens (tertiary/aromatic N) is 1. The molecule has 1 unspecified atom stereocenters. The van der Waals surface area contributed by atoms with Gasteiger partial charge in [0.2, 0.25) is 5.91 Å². The summed E-state index contributed by atoms with van der Waals surface area (Å²) in [5.74, 6) is -0.207. The number of anilines is 1. The van der Waals surface area contributed by atoms with Gasteiger partial charge in [0, 0.05) is 30.9 Å². The van der Waals surface area contributed by atoms with Gasteiger partial charge in [-0.3, -0.25) is 9.59 Å². The number of likely N-dealkylation sites (tertiary alicyclic amines) is 1. The second-order valence-electron chi connectivity index (χ2n) is 6.45. The molecule has 1 aromatic rings. The number of nitrogens with one attached hydrogen (secondary N) is 3. The molecule has 2 amide bonds. The highest BCUT2D eigenvalue weighted by molar-refractivity contribution is 5.97. The second-order valence-corrected chi connectivity index (χ2v) is 6.45. The van der Waals surface area contributed by atoms with E-state index in [0.29, 0.717) is 37.6 Å². The van der Waals surface area contributed by atoms with Crippen LogP contribution in [0.1, 0.15) is 23.2 Å². The van der Waals surface area contributed by atoms with Gasteiger partial charge < -0.3 is 25.6 Å². The Hall–Kier alpha value is -1.96. The van der Waals surface area contributed by atoms with Gasteiger partial charge in [-0.05, 0) is 50.2 Å². The standard InChI is InChI=1S/C18H26N4O3/c23-17(20-7-11-22-9-1-2-10-22)14-3-5-15(6-4-14)21-18(24)16-13-25-12-8-19-16/h3-6,16,19H,1-2,7-13H2,(H,20,23)(H,21,24). The first kappa shape index (κ1) is 17.8. The lowest BCUT2D eigenvalue weighted by atomic mass is 10.2. The first-order chi connectivity index (χ1) is 12.2. The molecule has 0 aromatic heterocycles. The van der Waals surface area contributed by atoms with Crippen molar-refractivity contribution >= 4 is 17.5 Å². The number of carbonyl (C=O) groups is 2. The van der Waals surface area contributed by atoms with Gasteiger partial charge in [0.05, 0.1) is 13.2 Å². The molecule has 2 fully saturated rings. The van der Waals surface area contributed by atoms with Crippen molar-refractivity contribution in [3.05, 3.63) is 29.8 Å². The molecule has 25 heavy (non-hydrogen) atoms. The van der Waals surface area contributed by atoms with Crippen LogP contribution in [0.25, 0.3) is 0 Å². The number of benzene rings is 1. The minimum Gasteiger partial charge on any atom is -0.378 e. The maximum absolute atomic E-state index is 12.2. The van der Waals surface area contributed by atoms with E-state index in [0.717, 1.165) is 19.6 Å². The fourth-order valence-electron chi connectivity index (χ4n) is 3.10. The highest BCUT2D eigenvalue weighted by Gasteiger charge is 2.21. The Bertz CT molecular complexity index is 578. The van der Waals surface area contributed by atoms with Crippen molar-refractivity contribution in [3.63, 3.8) is 0 Å². The first-order valence-corrected chi connectivity index (χ1v) is 8.95. The molecule has 136 valence electrons. The summed E-state index contributed by atoms with van der Waals surface area (Å²) in [6.07, 6.45) is 2.51. The Morgan fingerprint density at radius 2 is 1.96 bits per heavy atom.